The molecule has 3 rings (SSSR count). The summed E-state index contributed by atoms with van der Waals surface area (Å²) in [5, 5.41) is 17.3. The van der Waals surface area contributed by atoms with Crippen molar-refractivity contribution in [3.63, 3.8) is 0 Å². The first-order chi connectivity index (χ1) is 14.8. The van der Waals surface area contributed by atoms with E-state index in [0.29, 0.717) is 41.1 Å². The number of aliphatic hydroxyl groups excluding tert-OH is 1. The first-order valence-electron chi connectivity index (χ1n) is 9.69. The Hall–Kier alpha value is -2.46. The van der Waals surface area contributed by atoms with Gasteiger partial charge in [-0.2, -0.15) is 9.78 Å². The smallest absolute Gasteiger partial charge is 0.260 e. The molecule has 3 aromatic heterocycles. The number of aromatic nitrogens is 3. The van der Waals surface area contributed by atoms with Crippen LogP contribution in [0, 0.1) is 5.41 Å². The molecule has 0 aliphatic rings. The van der Waals surface area contributed by atoms with Crippen LogP contribution >= 0.6 is 22.9 Å². The van der Waals surface area contributed by atoms with Gasteiger partial charge in [-0.05, 0) is 38.1 Å². The average Bonchev–Trinajstić information content (AvgIpc) is 3.36. The lowest BCUT2D eigenvalue weighted by Gasteiger charge is -2.20. The van der Waals surface area contributed by atoms with Gasteiger partial charge >= 0.3 is 0 Å². The fourth-order valence-corrected chi connectivity index (χ4v) is 3.90. The second kappa shape index (κ2) is 9.78. The van der Waals surface area contributed by atoms with E-state index in [2.05, 4.69) is 10.4 Å². The molecular weight excluding hydrogens is 440 g/mol. The second-order valence-corrected chi connectivity index (χ2v) is 9.45. The van der Waals surface area contributed by atoms with Gasteiger partial charge in [0.1, 0.15) is 11.5 Å². The number of ether oxygens (including phenoxy) is 1. The van der Waals surface area contributed by atoms with E-state index < -0.39 is 5.41 Å². The summed E-state index contributed by atoms with van der Waals surface area (Å²) in [6.07, 6.45) is 1.68. The predicted octanol–water partition coefficient (Wildman–Crippen LogP) is 3.34. The molecule has 2 N–H and O–H groups in total. The number of hydrogen-bond acceptors (Lipinski definition) is 7. The molecule has 0 unspecified atom stereocenters. The van der Waals surface area contributed by atoms with Crippen molar-refractivity contribution in [2.75, 3.05) is 25.6 Å². The molecule has 3 aromatic rings. The summed E-state index contributed by atoms with van der Waals surface area (Å²) in [7, 11) is 1.57. The van der Waals surface area contributed by atoms with Crippen molar-refractivity contribution < 1.29 is 14.6 Å². The van der Waals surface area contributed by atoms with E-state index in [1.165, 1.54) is 20.6 Å². The van der Waals surface area contributed by atoms with Crippen molar-refractivity contribution in [2.24, 2.45) is 5.41 Å². The molecule has 0 saturated heterocycles. The molecule has 166 valence electrons. The fourth-order valence-electron chi connectivity index (χ4n) is 2.87. The Morgan fingerprint density at radius 3 is 2.77 bits per heavy atom. The van der Waals surface area contributed by atoms with E-state index in [-0.39, 0.29) is 18.1 Å². The van der Waals surface area contributed by atoms with Gasteiger partial charge in [-0.25, -0.2) is 0 Å². The minimum Gasteiger partial charge on any atom is -0.395 e. The summed E-state index contributed by atoms with van der Waals surface area (Å²) in [5.74, 6) is 0.0429. The normalized spacial score (nSPS) is 11.6. The Balaban J connectivity index is 2.00. The Kier molecular flexibility index (Phi) is 7.32. The van der Waals surface area contributed by atoms with Crippen LogP contribution < -0.4 is 10.9 Å². The number of nitrogens with one attached hydrogen (secondary N) is 1. The summed E-state index contributed by atoms with van der Waals surface area (Å²) < 4.78 is 8.49. The molecule has 8 nitrogen and oxygen atoms in total. The lowest BCUT2D eigenvalue weighted by Crippen LogP contribution is -2.34. The second-order valence-electron chi connectivity index (χ2n) is 7.65. The Bertz CT molecular complexity index is 1120. The first kappa shape index (κ1) is 23.2. The number of aliphatic hydroxyl groups is 1. The van der Waals surface area contributed by atoms with Crippen molar-refractivity contribution in [2.45, 2.75) is 26.9 Å². The topological polar surface area (TPSA) is 98.4 Å². The van der Waals surface area contributed by atoms with E-state index in [1.807, 2.05) is 6.07 Å². The van der Waals surface area contributed by atoms with Crippen molar-refractivity contribution in [3.05, 3.63) is 56.1 Å². The van der Waals surface area contributed by atoms with Crippen LogP contribution in [0.3, 0.4) is 0 Å². The number of hydrogen-bond donors (Lipinski definition) is 2. The van der Waals surface area contributed by atoms with Crippen molar-refractivity contribution >= 4 is 34.7 Å². The third kappa shape index (κ3) is 5.24. The number of carbonyl (C=O) groups is 1. The Labute approximate surface area is 189 Å². The summed E-state index contributed by atoms with van der Waals surface area (Å²) in [6.45, 7) is 4.18. The number of pyridine rings is 1. The molecule has 0 bridgehead atoms. The number of rotatable bonds is 9. The van der Waals surface area contributed by atoms with Crippen LogP contribution in [0.5, 0.6) is 0 Å². The summed E-state index contributed by atoms with van der Waals surface area (Å²) >= 11 is 7.43. The predicted molar refractivity (Wildman–Crippen MR) is 122 cm³/mol. The van der Waals surface area contributed by atoms with Gasteiger partial charge in [0.2, 0.25) is 0 Å². The highest BCUT2D eigenvalue weighted by Crippen LogP contribution is 2.26. The minimum atomic E-state index is -1.04. The Morgan fingerprint density at radius 2 is 2.13 bits per heavy atom. The monoisotopic (exact) mass is 464 g/mol. The van der Waals surface area contributed by atoms with Crippen LogP contribution in [0.1, 0.15) is 23.5 Å². The number of nitrogens with zero attached hydrogens (tertiary/aromatic N) is 3. The maximum absolute atomic E-state index is 13.1. The first-order valence-corrected chi connectivity index (χ1v) is 10.9. The van der Waals surface area contributed by atoms with Gasteiger partial charge in [-0.1, -0.05) is 11.6 Å². The molecule has 0 atom stereocenters. The van der Waals surface area contributed by atoms with E-state index in [0.717, 1.165) is 4.88 Å². The van der Waals surface area contributed by atoms with Gasteiger partial charge in [0, 0.05) is 30.8 Å². The van der Waals surface area contributed by atoms with Crippen LogP contribution in [0.4, 0.5) is 5.82 Å². The summed E-state index contributed by atoms with van der Waals surface area (Å²) in [4.78, 5) is 26.9. The molecule has 0 fully saturated rings. The number of anilines is 1. The molecule has 0 aliphatic heterocycles. The van der Waals surface area contributed by atoms with E-state index in [1.54, 1.807) is 51.4 Å². The lowest BCUT2D eigenvalue weighted by molar-refractivity contribution is 0.0616. The molecule has 0 saturated carbocycles. The van der Waals surface area contributed by atoms with E-state index in [9.17, 15) is 14.7 Å². The molecule has 0 amide bonds. The zero-order chi connectivity index (χ0) is 22.6. The highest BCUT2D eigenvalue weighted by Gasteiger charge is 2.31. The number of methoxy groups -OCH3 is 1. The summed E-state index contributed by atoms with van der Waals surface area (Å²) in [5.41, 5.74) is -0.532. The minimum absolute atomic E-state index is 0.227. The number of halogens is 1. The van der Waals surface area contributed by atoms with Gasteiger partial charge in [-0.3, -0.25) is 9.59 Å². The zero-order valence-electron chi connectivity index (χ0n) is 17.6. The van der Waals surface area contributed by atoms with Gasteiger partial charge < -0.3 is 19.7 Å². The highest BCUT2D eigenvalue weighted by molar-refractivity contribution is 7.16. The molecule has 31 heavy (non-hydrogen) atoms. The average molecular weight is 465 g/mol. The maximum atomic E-state index is 13.1. The SMILES string of the molecule is COCCn1cccc(-c2cc(NCc3ccc(Cl)s3)n(C(=O)C(C)(C)CO)n2)c1=O. The maximum Gasteiger partial charge on any atom is 0.260 e. The molecule has 0 spiro atoms. The molecule has 0 aliphatic carbocycles. The standard InChI is InChI=1S/C21H25ClN4O4S/c1-21(2,13-27)20(29)26-18(23-12-14-6-7-17(22)31-14)11-16(24-26)15-5-4-8-25(19(15)28)9-10-30-3/h4-8,11,23,27H,9-10,12-13H2,1-3H3. The van der Waals surface area contributed by atoms with Gasteiger partial charge in [0.15, 0.2) is 0 Å². The van der Waals surface area contributed by atoms with E-state index >= 15 is 0 Å². The molecule has 0 aromatic carbocycles. The third-order valence-electron chi connectivity index (χ3n) is 4.78. The lowest BCUT2D eigenvalue weighted by atomic mass is 9.94. The Morgan fingerprint density at radius 1 is 1.35 bits per heavy atom. The summed E-state index contributed by atoms with van der Waals surface area (Å²) in [6, 6.07) is 8.79. The van der Waals surface area contributed by atoms with Crippen LogP contribution in [-0.4, -0.2) is 45.7 Å². The molecule has 10 heteroatoms. The van der Waals surface area contributed by atoms with Gasteiger partial charge in [-0.15, -0.1) is 11.3 Å². The molecule has 0 radical (unpaired) electrons. The van der Waals surface area contributed by atoms with Crippen LogP contribution in [0.2, 0.25) is 4.34 Å². The van der Waals surface area contributed by atoms with Crippen molar-refractivity contribution in [3.8, 4) is 11.3 Å². The van der Waals surface area contributed by atoms with Crippen molar-refractivity contribution in [1.82, 2.24) is 14.3 Å². The van der Waals surface area contributed by atoms with Crippen LogP contribution in [0.15, 0.2) is 41.3 Å². The third-order valence-corrected chi connectivity index (χ3v) is 6.01. The zero-order valence-corrected chi connectivity index (χ0v) is 19.2. The molecule has 3 heterocycles. The van der Waals surface area contributed by atoms with E-state index in [4.69, 9.17) is 16.3 Å². The fraction of sp³-hybridized carbons (Fsp3) is 0.381. The van der Waals surface area contributed by atoms with Crippen molar-refractivity contribution in [1.29, 1.82) is 0 Å². The molecular formula is C21H25ClN4O4S. The van der Waals surface area contributed by atoms with Crippen LogP contribution in [0.25, 0.3) is 11.3 Å². The largest absolute Gasteiger partial charge is 0.395 e. The van der Waals surface area contributed by atoms with Gasteiger partial charge in [0.05, 0.1) is 35.1 Å². The quantitative estimate of drug-likeness (QED) is 0.504. The van der Waals surface area contributed by atoms with Gasteiger partial charge in [0.25, 0.3) is 11.5 Å². The number of carbonyl (C=O) groups excluding carboxylic acids is 1. The number of thiophene rings is 1. The highest BCUT2D eigenvalue weighted by atomic mass is 35.5. The van der Waals surface area contributed by atoms with Crippen LogP contribution in [-0.2, 0) is 17.8 Å².